The Hall–Kier alpha value is -2.71. The molecule has 3 aromatic rings. The van der Waals surface area contributed by atoms with Crippen molar-refractivity contribution in [3.63, 3.8) is 0 Å². The molecule has 0 amide bonds. The number of H-pyrrole nitrogens is 1. The van der Waals surface area contributed by atoms with Crippen molar-refractivity contribution in [2.75, 3.05) is 31.2 Å². The Morgan fingerprint density at radius 2 is 1.97 bits per heavy atom. The zero-order chi connectivity index (χ0) is 20.7. The van der Waals surface area contributed by atoms with Gasteiger partial charge in [-0.1, -0.05) is 12.1 Å². The number of aromatic nitrogens is 2. The van der Waals surface area contributed by atoms with Gasteiger partial charge < -0.3 is 24.5 Å². The first-order valence-corrected chi connectivity index (χ1v) is 10.2. The summed E-state index contributed by atoms with van der Waals surface area (Å²) in [6, 6.07) is 8.65. The molecule has 2 aromatic carbocycles. The van der Waals surface area contributed by atoms with Crippen LogP contribution in [0.4, 0.5) is 14.5 Å². The van der Waals surface area contributed by atoms with Gasteiger partial charge in [-0.05, 0) is 30.5 Å². The number of nitrogens with zero attached hydrogens (tertiary/aromatic N) is 2. The Labute approximate surface area is 172 Å². The van der Waals surface area contributed by atoms with E-state index in [1.54, 1.807) is 12.1 Å². The van der Waals surface area contributed by atoms with E-state index in [2.05, 4.69) is 14.9 Å². The molecule has 0 aliphatic carbocycles. The SMILES string of the molecule is OC[C@@H]1C[C@H](Oc2nc3c(F)c(-c4ccc(N5CCCC5)cc4)c(F)cc3[nH]2)CO1. The predicted octanol–water partition coefficient (Wildman–Crippen LogP) is 3.64. The van der Waals surface area contributed by atoms with Gasteiger partial charge in [-0.3, -0.25) is 0 Å². The van der Waals surface area contributed by atoms with Crippen molar-refractivity contribution >= 4 is 16.7 Å². The maximum Gasteiger partial charge on any atom is 0.295 e. The van der Waals surface area contributed by atoms with Crippen LogP contribution < -0.4 is 9.64 Å². The molecule has 8 heteroatoms. The molecular weight excluding hydrogens is 392 g/mol. The van der Waals surface area contributed by atoms with Crippen molar-refractivity contribution in [2.45, 2.75) is 31.5 Å². The summed E-state index contributed by atoms with van der Waals surface area (Å²) in [5.74, 6) is -1.38. The van der Waals surface area contributed by atoms with Crippen LogP contribution in [0.3, 0.4) is 0 Å². The number of rotatable bonds is 5. The summed E-state index contributed by atoms with van der Waals surface area (Å²) in [6.07, 6.45) is 2.27. The quantitative estimate of drug-likeness (QED) is 0.666. The van der Waals surface area contributed by atoms with Crippen molar-refractivity contribution in [3.05, 3.63) is 42.0 Å². The molecule has 2 atom stereocenters. The molecule has 6 nitrogen and oxygen atoms in total. The summed E-state index contributed by atoms with van der Waals surface area (Å²) < 4.78 is 41.1. The molecule has 0 unspecified atom stereocenters. The zero-order valence-electron chi connectivity index (χ0n) is 16.4. The second kappa shape index (κ2) is 7.85. The summed E-state index contributed by atoms with van der Waals surface area (Å²) >= 11 is 0. The van der Waals surface area contributed by atoms with E-state index in [1.165, 1.54) is 18.9 Å². The molecule has 0 bridgehead atoms. The number of fused-ring (bicyclic) bond motifs is 1. The fraction of sp³-hybridized carbons (Fsp3) is 0.409. The fourth-order valence-electron chi connectivity index (χ4n) is 4.23. The molecule has 1 aromatic heterocycles. The normalized spacial score (nSPS) is 21.6. The van der Waals surface area contributed by atoms with Crippen LogP contribution >= 0.6 is 0 Å². The topological polar surface area (TPSA) is 70.6 Å². The van der Waals surface area contributed by atoms with Crippen molar-refractivity contribution < 1.29 is 23.4 Å². The lowest BCUT2D eigenvalue weighted by Gasteiger charge is -2.18. The first-order valence-electron chi connectivity index (χ1n) is 10.2. The summed E-state index contributed by atoms with van der Waals surface area (Å²) in [7, 11) is 0. The van der Waals surface area contributed by atoms with Crippen molar-refractivity contribution in [1.29, 1.82) is 0 Å². The molecular formula is C22H23F2N3O3. The van der Waals surface area contributed by atoms with Crippen molar-refractivity contribution in [3.8, 4) is 17.1 Å². The average Bonchev–Trinajstić information content (AvgIpc) is 3.49. The molecule has 30 heavy (non-hydrogen) atoms. The lowest BCUT2D eigenvalue weighted by molar-refractivity contribution is 0.0528. The van der Waals surface area contributed by atoms with E-state index in [1.807, 2.05) is 12.1 Å². The number of anilines is 1. The molecule has 158 valence electrons. The van der Waals surface area contributed by atoms with Gasteiger partial charge in [0.25, 0.3) is 6.01 Å². The highest BCUT2D eigenvalue weighted by Crippen LogP contribution is 2.33. The minimum Gasteiger partial charge on any atom is -0.459 e. The molecule has 0 saturated carbocycles. The van der Waals surface area contributed by atoms with Crippen LogP contribution in [0.25, 0.3) is 22.2 Å². The first kappa shape index (κ1) is 19.3. The second-order valence-electron chi connectivity index (χ2n) is 7.84. The molecule has 0 spiro atoms. The fourth-order valence-corrected chi connectivity index (χ4v) is 4.23. The predicted molar refractivity (Wildman–Crippen MR) is 109 cm³/mol. The van der Waals surface area contributed by atoms with Crippen molar-refractivity contribution in [1.82, 2.24) is 9.97 Å². The van der Waals surface area contributed by atoms with Gasteiger partial charge in [-0.25, -0.2) is 8.78 Å². The number of aliphatic hydroxyl groups excluding tert-OH is 1. The van der Waals surface area contributed by atoms with E-state index < -0.39 is 11.6 Å². The number of aromatic amines is 1. The Kier molecular flexibility index (Phi) is 5.04. The van der Waals surface area contributed by atoms with Gasteiger partial charge >= 0.3 is 0 Å². The van der Waals surface area contributed by atoms with Gasteiger partial charge in [0, 0.05) is 31.3 Å². The number of benzene rings is 2. The molecule has 2 saturated heterocycles. The molecule has 3 heterocycles. The number of hydrogen-bond donors (Lipinski definition) is 2. The van der Waals surface area contributed by atoms with E-state index in [4.69, 9.17) is 14.6 Å². The van der Waals surface area contributed by atoms with Gasteiger partial charge in [0.15, 0.2) is 5.82 Å². The lowest BCUT2D eigenvalue weighted by Crippen LogP contribution is -2.17. The Morgan fingerprint density at radius 1 is 1.20 bits per heavy atom. The maximum atomic E-state index is 15.2. The van der Waals surface area contributed by atoms with E-state index in [9.17, 15) is 4.39 Å². The minimum atomic E-state index is -0.721. The molecule has 2 fully saturated rings. The summed E-state index contributed by atoms with van der Waals surface area (Å²) in [5, 5.41) is 9.15. The summed E-state index contributed by atoms with van der Waals surface area (Å²) in [5.41, 5.74) is 1.69. The number of nitrogens with one attached hydrogen (secondary N) is 1. The van der Waals surface area contributed by atoms with Crippen LogP contribution in [0, 0.1) is 11.6 Å². The maximum absolute atomic E-state index is 15.2. The van der Waals surface area contributed by atoms with Gasteiger partial charge in [0.1, 0.15) is 17.4 Å². The lowest BCUT2D eigenvalue weighted by atomic mass is 10.0. The molecule has 2 aliphatic rings. The number of aliphatic hydroxyl groups is 1. The molecule has 0 radical (unpaired) electrons. The minimum absolute atomic E-state index is 0.0302. The Bertz CT molecular complexity index is 1050. The van der Waals surface area contributed by atoms with Gasteiger partial charge in [0.2, 0.25) is 0 Å². The highest BCUT2D eigenvalue weighted by molar-refractivity contribution is 5.84. The smallest absolute Gasteiger partial charge is 0.295 e. The largest absolute Gasteiger partial charge is 0.459 e. The van der Waals surface area contributed by atoms with E-state index >= 15 is 4.39 Å². The van der Waals surface area contributed by atoms with Crippen LogP contribution in [-0.2, 0) is 4.74 Å². The second-order valence-corrected chi connectivity index (χ2v) is 7.84. The number of imidazole rings is 1. The zero-order valence-corrected chi connectivity index (χ0v) is 16.4. The van der Waals surface area contributed by atoms with Crippen LogP contribution in [0.1, 0.15) is 19.3 Å². The Balaban J connectivity index is 1.43. The van der Waals surface area contributed by atoms with Gasteiger partial charge in [-0.15, -0.1) is 0 Å². The summed E-state index contributed by atoms with van der Waals surface area (Å²) in [4.78, 5) is 9.28. The number of hydrogen-bond acceptors (Lipinski definition) is 5. The highest BCUT2D eigenvalue weighted by atomic mass is 19.1. The molecule has 2 N–H and O–H groups in total. The third kappa shape index (κ3) is 3.50. The first-order chi connectivity index (χ1) is 14.6. The van der Waals surface area contributed by atoms with Gasteiger partial charge in [-0.2, -0.15) is 4.98 Å². The Morgan fingerprint density at radius 3 is 2.67 bits per heavy atom. The average molecular weight is 415 g/mol. The molecule has 5 rings (SSSR count). The van der Waals surface area contributed by atoms with E-state index in [0.717, 1.165) is 18.8 Å². The molecule has 2 aliphatic heterocycles. The van der Waals surface area contributed by atoms with Gasteiger partial charge in [0.05, 0.1) is 30.4 Å². The third-order valence-electron chi connectivity index (χ3n) is 5.80. The summed E-state index contributed by atoms with van der Waals surface area (Å²) in [6.45, 7) is 2.25. The van der Waals surface area contributed by atoms with Crippen LogP contribution in [0.5, 0.6) is 6.01 Å². The van der Waals surface area contributed by atoms with Crippen LogP contribution in [0.2, 0.25) is 0 Å². The van der Waals surface area contributed by atoms with Crippen LogP contribution in [-0.4, -0.2) is 53.6 Å². The highest BCUT2D eigenvalue weighted by Gasteiger charge is 2.28. The van der Waals surface area contributed by atoms with Crippen LogP contribution in [0.15, 0.2) is 30.3 Å². The van der Waals surface area contributed by atoms with E-state index in [0.29, 0.717) is 18.6 Å². The standard InChI is InChI=1S/C22H23F2N3O3/c23-17-10-18-21(26-22(25-18)30-16-9-15(11-28)29-12-16)20(24)19(17)13-3-5-14(6-4-13)27-7-1-2-8-27/h3-6,10,15-16,28H,1-2,7-9,11-12H2,(H,25,26)/t15-,16-/m0/s1. The van der Waals surface area contributed by atoms with Crippen molar-refractivity contribution in [2.24, 2.45) is 0 Å². The number of ether oxygens (including phenoxy) is 2. The monoisotopic (exact) mass is 415 g/mol. The third-order valence-corrected chi connectivity index (χ3v) is 5.80. The van der Waals surface area contributed by atoms with E-state index in [-0.39, 0.29) is 41.4 Å². The number of halogens is 2.